The summed E-state index contributed by atoms with van der Waals surface area (Å²) in [7, 11) is -4.06. The average molecular weight is 818 g/mol. The summed E-state index contributed by atoms with van der Waals surface area (Å²) in [6.07, 6.45) is 27.4. The van der Waals surface area contributed by atoms with Crippen molar-refractivity contribution < 1.29 is 28.3 Å². The Balaban J connectivity index is 1.06. The monoisotopic (exact) mass is 817 g/mol. The normalized spacial score (nSPS) is 18.7. The first kappa shape index (κ1) is 43.5. The molecule has 1 saturated heterocycles. The van der Waals surface area contributed by atoms with E-state index < -0.39 is 26.2 Å². The van der Waals surface area contributed by atoms with Crippen LogP contribution in [0.15, 0.2) is 110 Å². The van der Waals surface area contributed by atoms with Gasteiger partial charge in [-0.2, -0.15) is 9.97 Å². The number of halogens is 1. The standard InChI is InChI=1S/C42H53ClN7O6P/c1-2-3-4-5-6-7-8-9-10-11-12-13-14-15-16-17-18-26-37(52)45-27-28-47-57(53,56-35-25-21-23-32-22-19-20-24-33(32)35)54-30-36-34(51)29-38(55-36)50-31-46-39-40(44)48-42(43)49-41(39)50/h3-4,6-7,9-10,12-13,15-16,19-25,31,34,36,38,51H,2,5,8,11,14,17-18,26-30H2,1H3,(H,45,52)(H,47,53)(H2,44,48,49). The van der Waals surface area contributed by atoms with Crippen molar-refractivity contribution in [2.45, 2.75) is 83.1 Å². The number of allylic oxidation sites excluding steroid dienone is 10. The fraction of sp³-hybridized carbons (Fsp3) is 0.381. The van der Waals surface area contributed by atoms with E-state index in [1.807, 2.05) is 30.3 Å². The smallest absolute Gasteiger partial charge is 0.413 e. The minimum absolute atomic E-state index is 0.0460. The number of unbranched alkanes of at least 4 members (excludes halogenated alkanes) is 1. The fourth-order valence-corrected chi connectivity index (χ4v) is 7.60. The molecule has 3 heterocycles. The minimum Gasteiger partial charge on any atom is -0.413 e. The Morgan fingerprint density at radius 1 is 0.982 bits per heavy atom. The average Bonchev–Trinajstić information content (AvgIpc) is 3.80. The lowest BCUT2D eigenvalue weighted by Crippen LogP contribution is -2.33. The van der Waals surface area contributed by atoms with Crippen molar-refractivity contribution in [2.24, 2.45) is 0 Å². The van der Waals surface area contributed by atoms with Crippen molar-refractivity contribution in [2.75, 3.05) is 25.4 Å². The third-order valence-corrected chi connectivity index (χ3v) is 10.7. The highest BCUT2D eigenvalue weighted by molar-refractivity contribution is 7.52. The van der Waals surface area contributed by atoms with Gasteiger partial charge in [-0.3, -0.25) is 13.9 Å². The van der Waals surface area contributed by atoms with Crippen LogP contribution in [0.25, 0.3) is 21.9 Å². The number of imidazole rings is 1. The van der Waals surface area contributed by atoms with Gasteiger partial charge in [-0.25, -0.2) is 14.6 Å². The summed E-state index contributed by atoms with van der Waals surface area (Å²) >= 11 is 6.03. The molecule has 4 unspecified atom stereocenters. The van der Waals surface area contributed by atoms with Crippen molar-refractivity contribution in [3.63, 3.8) is 0 Å². The van der Waals surface area contributed by atoms with E-state index in [1.54, 1.807) is 16.7 Å². The largest absolute Gasteiger partial charge is 0.458 e. The lowest BCUT2D eigenvalue weighted by Gasteiger charge is -2.23. The van der Waals surface area contributed by atoms with E-state index in [-0.39, 0.29) is 43.1 Å². The summed E-state index contributed by atoms with van der Waals surface area (Å²) in [6.45, 7) is 2.17. The maximum atomic E-state index is 14.3. The van der Waals surface area contributed by atoms with Gasteiger partial charge in [0.05, 0.1) is 19.0 Å². The summed E-state index contributed by atoms with van der Waals surface area (Å²) in [5.41, 5.74) is 6.66. The summed E-state index contributed by atoms with van der Waals surface area (Å²) < 4.78 is 34.0. The number of nitrogens with one attached hydrogen (secondary N) is 2. The zero-order valence-electron chi connectivity index (χ0n) is 32.3. The molecule has 0 aliphatic carbocycles. The Hall–Kier alpha value is -4.62. The number of aliphatic hydroxyl groups is 1. The number of nitrogen functional groups attached to an aromatic ring is 1. The SMILES string of the molecule is CCC=CCC=CCC=CCC=CCC=CCCCC(=O)NCCNP(=O)(OCC1OC(n2cnc3c(N)nc(Cl)nc32)CC1O)Oc1cccc2ccccc12. The van der Waals surface area contributed by atoms with E-state index in [0.29, 0.717) is 29.8 Å². The molecule has 1 amide bonds. The number of rotatable bonds is 23. The molecule has 57 heavy (non-hydrogen) atoms. The van der Waals surface area contributed by atoms with Crippen LogP contribution in [0.1, 0.15) is 70.9 Å². The van der Waals surface area contributed by atoms with Crippen LogP contribution in [0.3, 0.4) is 0 Å². The number of nitrogens with zero attached hydrogens (tertiary/aromatic N) is 4. The molecule has 2 aromatic heterocycles. The van der Waals surface area contributed by atoms with Gasteiger partial charge in [-0.1, -0.05) is 104 Å². The Bertz CT molecular complexity index is 2100. The molecule has 0 spiro atoms. The van der Waals surface area contributed by atoms with Gasteiger partial charge in [0.1, 0.15) is 23.6 Å². The number of anilines is 1. The predicted octanol–water partition coefficient (Wildman–Crippen LogP) is 8.69. The van der Waals surface area contributed by atoms with Crippen LogP contribution in [0.2, 0.25) is 5.28 Å². The Morgan fingerprint density at radius 2 is 1.67 bits per heavy atom. The first-order chi connectivity index (χ1) is 27.8. The van der Waals surface area contributed by atoms with Gasteiger partial charge in [0.2, 0.25) is 11.2 Å². The molecule has 0 bridgehead atoms. The lowest BCUT2D eigenvalue weighted by molar-refractivity contribution is -0.121. The molecule has 1 aliphatic heterocycles. The summed E-state index contributed by atoms with van der Waals surface area (Å²) in [5, 5.41) is 18.3. The van der Waals surface area contributed by atoms with E-state index >= 15 is 0 Å². The number of hydrogen-bond acceptors (Lipinski definition) is 10. The molecule has 1 aliphatic rings. The van der Waals surface area contributed by atoms with Gasteiger partial charge in [-0.05, 0) is 68.0 Å². The highest BCUT2D eigenvalue weighted by atomic mass is 35.5. The molecule has 2 aromatic carbocycles. The second-order valence-electron chi connectivity index (χ2n) is 13.4. The molecule has 15 heteroatoms. The minimum atomic E-state index is -4.06. The lowest BCUT2D eigenvalue weighted by atomic mass is 10.1. The van der Waals surface area contributed by atoms with Crippen molar-refractivity contribution in [3.05, 3.63) is 115 Å². The predicted molar refractivity (Wildman–Crippen MR) is 227 cm³/mol. The molecule has 4 aromatic rings. The van der Waals surface area contributed by atoms with Gasteiger partial charge in [0.15, 0.2) is 11.5 Å². The number of benzene rings is 2. The van der Waals surface area contributed by atoms with Gasteiger partial charge in [0, 0.05) is 31.3 Å². The zero-order valence-corrected chi connectivity index (χ0v) is 33.9. The fourth-order valence-electron chi connectivity index (χ4n) is 6.07. The van der Waals surface area contributed by atoms with E-state index in [9.17, 15) is 14.5 Å². The second-order valence-corrected chi connectivity index (χ2v) is 15.4. The van der Waals surface area contributed by atoms with Crippen LogP contribution in [0.4, 0.5) is 5.82 Å². The van der Waals surface area contributed by atoms with E-state index in [0.717, 1.165) is 49.3 Å². The maximum absolute atomic E-state index is 14.3. The number of carbonyl (C=O) groups is 1. The van der Waals surface area contributed by atoms with Crippen LogP contribution in [-0.2, 0) is 18.6 Å². The van der Waals surface area contributed by atoms with Crippen molar-refractivity contribution >= 4 is 53.0 Å². The van der Waals surface area contributed by atoms with Crippen LogP contribution in [0, 0.1) is 0 Å². The number of hydrogen-bond donors (Lipinski definition) is 4. The molecular formula is C42H53ClN7O6P. The van der Waals surface area contributed by atoms with Crippen LogP contribution >= 0.6 is 19.3 Å². The van der Waals surface area contributed by atoms with Crippen LogP contribution in [0.5, 0.6) is 5.75 Å². The molecule has 13 nitrogen and oxygen atoms in total. The van der Waals surface area contributed by atoms with Crippen molar-refractivity contribution in [1.29, 1.82) is 0 Å². The highest BCUT2D eigenvalue weighted by Crippen LogP contribution is 2.47. The Labute approximate surface area is 339 Å². The third-order valence-electron chi connectivity index (χ3n) is 9.00. The number of aliphatic hydroxyl groups excluding tert-OH is 1. The highest BCUT2D eigenvalue weighted by Gasteiger charge is 2.39. The molecule has 0 saturated carbocycles. The number of nitrogens with two attached hydrogens (primary N) is 1. The molecule has 5 rings (SSSR count). The number of carbonyl (C=O) groups excluding carboxylic acids is 1. The molecule has 4 atom stereocenters. The molecular weight excluding hydrogens is 765 g/mol. The van der Waals surface area contributed by atoms with E-state index in [2.05, 4.69) is 93.0 Å². The first-order valence-corrected chi connectivity index (χ1v) is 21.4. The van der Waals surface area contributed by atoms with Crippen molar-refractivity contribution in [1.82, 2.24) is 29.9 Å². The second kappa shape index (κ2) is 23.0. The van der Waals surface area contributed by atoms with Crippen LogP contribution in [-0.4, -0.2) is 62.4 Å². The number of aromatic nitrogens is 4. The van der Waals surface area contributed by atoms with Gasteiger partial charge >= 0.3 is 7.75 Å². The topological polar surface area (TPSA) is 176 Å². The van der Waals surface area contributed by atoms with Crippen molar-refractivity contribution in [3.8, 4) is 5.75 Å². The first-order valence-electron chi connectivity index (χ1n) is 19.4. The number of ether oxygens (including phenoxy) is 1. The Kier molecular flexibility index (Phi) is 17.5. The molecule has 0 radical (unpaired) electrons. The Morgan fingerprint density at radius 3 is 2.40 bits per heavy atom. The third kappa shape index (κ3) is 13.8. The quantitative estimate of drug-likeness (QED) is 0.0244. The summed E-state index contributed by atoms with van der Waals surface area (Å²) in [4.78, 5) is 25.0. The van der Waals surface area contributed by atoms with E-state index in [4.69, 9.17) is 31.1 Å². The van der Waals surface area contributed by atoms with Crippen LogP contribution < -0.4 is 20.7 Å². The molecule has 1 fully saturated rings. The molecule has 5 N–H and O–H groups in total. The number of fused-ring (bicyclic) bond motifs is 2. The number of amides is 1. The van der Waals surface area contributed by atoms with E-state index in [1.165, 1.54) is 6.33 Å². The molecule has 304 valence electrons. The maximum Gasteiger partial charge on any atom is 0.458 e. The summed E-state index contributed by atoms with van der Waals surface area (Å²) in [6, 6.07) is 13.0. The van der Waals surface area contributed by atoms with Gasteiger partial charge in [-0.15, -0.1) is 0 Å². The van der Waals surface area contributed by atoms with Gasteiger partial charge < -0.3 is 25.4 Å². The zero-order chi connectivity index (χ0) is 40.3. The summed E-state index contributed by atoms with van der Waals surface area (Å²) in [5.74, 6) is 0.369. The van der Waals surface area contributed by atoms with Gasteiger partial charge in [0.25, 0.3) is 0 Å².